The molecular weight excluding hydrogens is 344 g/mol. The first-order valence-corrected chi connectivity index (χ1v) is 7.45. The van der Waals surface area contributed by atoms with Crippen molar-refractivity contribution in [1.82, 2.24) is 29.3 Å². The predicted molar refractivity (Wildman–Crippen MR) is 86.6 cm³/mol. The zero-order valence-electron chi connectivity index (χ0n) is 11.7. The van der Waals surface area contributed by atoms with Crippen molar-refractivity contribution in [3.63, 3.8) is 0 Å². The lowest BCUT2D eigenvalue weighted by atomic mass is 10.2. The molecule has 7 heteroatoms. The smallest absolute Gasteiger partial charge is 0.234 e. The first kappa shape index (κ1) is 13.1. The minimum absolute atomic E-state index is 0.620. The van der Waals surface area contributed by atoms with Gasteiger partial charge in [-0.15, -0.1) is 0 Å². The molecule has 0 spiro atoms. The Bertz CT molecular complexity index is 957. The van der Waals surface area contributed by atoms with Crippen LogP contribution >= 0.6 is 15.9 Å². The van der Waals surface area contributed by atoms with E-state index in [-0.39, 0.29) is 0 Å². The van der Waals surface area contributed by atoms with Gasteiger partial charge in [0.2, 0.25) is 5.95 Å². The van der Waals surface area contributed by atoms with Crippen LogP contribution in [0.2, 0.25) is 0 Å². The second-order valence-electron chi connectivity index (χ2n) is 4.88. The normalized spacial score (nSPS) is 11.2. The molecule has 0 bridgehead atoms. The zero-order valence-corrected chi connectivity index (χ0v) is 13.3. The van der Waals surface area contributed by atoms with E-state index < -0.39 is 0 Å². The van der Waals surface area contributed by atoms with Crippen LogP contribution in [0.25, 0.3) is 28.1 Å². The highest BCUT2D eigenvalue weighted by atomic mass is 79.9. The maximum absolute atomic E-state index is 4.38. The highest BCUT2D eigenvalue weighted by molar-refractivity contribution is 9.10. The van der Waals surface area contributed by atoms with Crippen molar-refractivity contribution >= 4 is 26.8 Å². The van der Waals surface area contributed by atoms with Crippen LogP contribution in [0.4, 0.5) is 0 Å². The Morgan fingerprint density at radius 3 is 2.59 bits per heavy atom. The lowest BCUT2D eigenvalue weighted by molar-refractivity contribution is 0.768. The van der Waals surface area contributed by atoms with E-state index in [0.717, 1.165) is 26.8 Å². The van der Waals surface area contributed by atoms with Crippen molar-refractivity contribution in [3.8, 4) is 17.2 Å². The van der Waals surface area contributed by atoms with E-state index in [4.69, 9.17) is 0 Å². The molecule has 0 atom stereocenters. The molecule has 0 aliphatic carbocycles. The predicted octanol–water partition coefficient (Wildman–Crippen LogP) is 2.98. The summed E-state index contributed by atoms with van der Waals surface area (Å²) in [6.45, 7) is 0. The highest BCUT2D eigenvalue weighted by Gasteiger charge is 2.15. The zero-order chi connectivity index (χ0) is 15.1. The van der Waals surface area contributed by atoms with Gasteiger partial charge in [-0.25, -0.2) is 15.0 Å². The average Bonchev–Trinajstić information content (AvgIpc) is 3.11. The lowest BCUT2D eigenvalue weighted by Crippen LogP contribution is -2.01. The number of pyridine rings is 1. The monoisotopic (exact) mass is 354 g/mol. The molecule has 0 radical (unpaired) electrons. The highest BCUT2D eigenvalue weighted by Crippen LogP contribution is 2.30. The average molecular weight is 355 g/mol. The molecule has 0 unspecified atom stereocenters. The summed E-state index contributed by atoms with van der Waals surface area (Å²) in [7, 11) is 1.90. The summed E-state index contributed by atoms with van der Waals surface area (Å²) in [5, 5.41) is 5.28. The quantitative estimate of drug-likeness (QED) is 0.519. The first-order valence-electron chi connectivity index (χ1n) is 6.66. The van der Waals surface area contributed by atoms with Crippen LogP contribution in [0.1, 0.15) is 0 Å². The Labute approximate surface area is 134 Å². The fraction of sp³-hybridized carbons (Fsp3) is 0.0667. The Balaban J connectivity index is 2.08. The van der Waals surface area contributed by atoms with Crippen LogP contribution in [0, 0.1) is 0 Å². The molecule has 4 heterocycles. The first-order chi connectivity index (χ1) is 10.7. The van der Waals surface area contributed by atoms with Gasteiger partial charge in [0, 0.05) is 42.8 Å². The molecular formula is C15H11BrN6. The molecule has 0 fully saturated rings. The van der Waals surface area contributed by atoms with Crippen molar-refractivity contribution in [3.05, 3.63) is 53.8 Å². The third-order valence-electron chi connectivity index (χ3n) is 3.41. The molecule has 0 aliphatic rings. The van der Waals surface area contributed by atoms with E-state index in [2.05, 4.69) is 42.0 Å². The Morgan fingerprint density at radius 1 is 1.05 bits per heavy atom. The maximum Gasteiger partial charge on any atom is 0.234 e. The summed E-state index contributed by atoms with van der Waals surface area (Å²) >= 11 is 3.43. The molecule has 6 nitrogen and oxygen atoms in total. The lowest BCUT2D eigenvalue weighted by Gasteiger charge is -2.07. The molecule has 0 amide bonds. The number of halogens is 1. The third-order valence-corrected chi connectivity index (χ3v) is 3.84. The largest absolute Gasteiger partial charge is 0.278 e. The Kier molecular flexibility index (Phi) is 3.00. The molecule has 4 aromatic rings. The summed E-state index contributed by atoms with van der Waals surface area (Å²) in [6, 6.07) is 5.84. The van der Waals surface area contributed by atoms with Gasteiger partial charge in [0.15, 0.2) is 0 Å². The molecule has 0 saturated carbocycles. The minimum atomic E-state index is 0.620. The van der Waals surface area contributed by atoms with Gasteiger partial charge in [-0.2, -0.15) is 5.10 Å². The fourth-order valence-corrected chi connectivity index (χ4v) is 2.78. The van der Waals surface area contributed by atoms with E-state index >= 15 is 0 Å². The summed E-state index contributed by atoms with van der Waals surface area (Å²) in [4.78, 5) is 13.1. The van der Waals surface area contributed by atoms with Gasteiger partial charge in [0.25, 0.3) is 0 Å². The summed E-state index contributed by atoms with van der Waals surface area (Å²) in [6.07, 6.45) is 9.10. The summed E-state index contributed by atoms with van der Waals surface area (Å²) in [5.41, 5.74) is 2.98. The second-order valence-corrected chi connectivity index (χ2v) is 5.69. The van der Waals surface area contributed by atoms with Gasteiger partial charge in [0.05, 0.1) is 17.4 Å². The van der Waals surface area contributed by atoms with Gasteiger partial charge in [-0.1, -0.05) is 0 Å². The summed E-state index contributed by atoms with van der Waals surface area (Å²) in [5.74, 6) is 0.620. The van der Waals surface area contributed by atoms with Crippen LogP contribution in [0.3, 0.4) is 0 Å². The van der Waals surface area contributed by atoms with Crippen molar-refractivity contribution in [2.45, 2.75) is 0 Å². The number of hydrogen-bond donors (Lipinski definition) is 0. The Hall–Kier alpha value is -2.54. The molecule has 0 aliphatic heterocycles. The van der Waals surface area contributed by atoms with Gasteiger partial charge in [-0.05, 0) is 34.1 Å². The van der Waals surface area contributed by atoms with Gasteiger partial charge >= 0.3 is 0 Å². The molecule has 4 aromatic heterocycles. The standard InChI is InChI=1S/C15H11BrN6/c1-21-9-11(8-20-21)12-5-10-7-19-14(16)6-13(10)22(12)15-17-3-2-4-18-15/h2-9H,1H3. The van der Waals surface area contributed by atoms with Crippen molar-refractivity contribution < 1.29 is 0 Å². The van der Waals surface area contributed by atoms with Crippen LogP contribution in [0.5, 0.6) is 0 Å². The van der Waals surface area contributed by atoms with E-state index in [1.165, 1.54) is 0 Å². The minimum Gasteiger partial charge on any atom is -0.278 e. The molecule has 0 N–H and O–H groups in total. The summed E-state index contributed by atoms with van der Waals surface area (Å²) < 4.78 is 4.56. The van der Waals surface area contributed by atoms with Crippen molar-refractivity contribution in [1.29, 1.82) is 0 Å². The molecule has 22 heavy (non-hydrogen) atoms. The van der Waals surface area contributed by atoms with Crippen molar-refractivity contribution in [2.24, 2.45) is 7.05 Å². The number of rotatable bonds is 2. The third kappa shape index (κ3) is 2.10. The van der Waals surface area contributed by atoms with Crippen LogP contribution in [-0.4, -0.2) is 29.3 Å². The molecule has 0 aromatic carbocycles. The van der Waals surface area contributed by atoms with E-state index in [0.29, 0.717) is 5.95 Å². The number of hydrogen-bond acceptors (Lipinski definition) is 4. The van der Waals surface area contributed by atoms with Crippen LogP contribution in [0.15, 0.2) is 53.8 Å². The van der Waals surface area contributed by atoms with Gasteiger partial charge < -0.3 is 0 Å². The fourth-order valence-electron chi connectivity index (χ4n) is 2.47. The second kappa shape index (κ2) is 5.03. The number of nitrogens with zero attached hydrogens (tertiary/aromatic N) is 6. The number of fused-ring (bicyclic) bond motifs is 1. The topological polar surface area (TPSA) is 61.4 Å². The Morgan fingerprint density at radius 2 is 1.86 bits per heavy atom. The van der Waals surface area contributed by atoms with Gasteiger partial charge in [-0.3, -0.25) is 9.25 Å². The number of aryl methyl sites for hydroxylation is 1. The maximum atomic E-state index is 4.38. The van der Waals surface area contributed by atoms with Crippen LogP contribution < -0.4 is 0 Å². The number of aromatic nitrogens is 6. The van der Waals surface area contributed by atoms with Crippen LogP contribution in [-0.2, 0) is 7.05 Å². The van der Waals surface area contributed by atoms with E-state index in [1.807, 2.05) is 36.3 Å². The van der Waals surface area contributed by atoms with Gasteiger partial charge in [0.1, 0.15) is 4.60 Å². The molecule has 0 saturated heterocycles. The van der Waals surface area contributed by atoms with E-state index in [9.17, 15) is 0 Å². The SMILES string of the molecule is Cn1cc(-c2cc3cnc(Br)cc3n2-c2ncccn2)cn1. The van der Waals surface area contributed by atoms with E-state index in [1.54, 1.807) is 23.1 Å². The molecule has 4 rings (SSSR count). The van der Waals surface area contributed by atoms with Crippen molar-refractivity contribution in [2.75, 3.05) is 0 Å². The molecule has 108 valence electrons.